The molecule has 0 aromatic heterocycles. The van der Waals surface area contributed by atoms with Crippen LogP contribution in [0.25, 0.3) is 0 Å². The number of phenolic OH excluding ortho intramolecular Hbond substituents is 1. The van der Waals surface area contributed by atoms with Gasteiger partial charge in [-0.1, -0.05) is 32.6 Å². The maximum atomic E-state index is 12.6. The summed E-state index contributed by atoms with van der Waals surface area (Å²) in [5.41, 5.74) is 1.35. The number of phenols is 1. The number of rotatable bonds is 12. The van der Waals surface area contributed by atoms with Crippen LogP contribution in [0, 0.1) is 0 Å². The predicted octanol–water partition coefficient (Wildman–Crippen LogP) is 5.22. The lowest BCUT2D eigenvalue weighted by molar-refractivity contribution is -0.879. The number of azo groups is 1. The van der Waals surface area contributed by atoms with Crippen LogP contribution in [0.5, 0.6) is 5.75 Å². The number of benzene rings is 2. The smallest absolute Gasteiger partial charge is 0.342 e. The third-order valence-electron chi connectivity index (χ3n) is 6.52. The highest BCUT2D eigenvalue weighted by Gasteiger charge is 2.34. The lowest BCUT2D eigenvalue weighted by Crippen LogP contribution is -2.38. The first-order valence-electron chi connectivity index (χ1n) is 13.0. The maximum Gasteiger partial charge on any atom is 0.342 e. The first-order valence-corrected chi connectivity index (χ1v) is 13.0. The van der Waals surface area contributed by atoms with Gasteiger partial charge in [0.05, 0.1) is 32.0 Å². The quantitative estimate of drug-likeness (QED) is 0.119. The fraction of sp³-hybridized carbons (Fsp3) is 0.500. The van der Waals surface area contributed by atoms with Gasteiger partial charge in [-0.2, -0.15) is 10.2 Å². The molecule has 3 N–H and O–H groups in total. The van der Waals surface area contributed by atoms with Gasteiger partial charge in [0, 0.05) is 12.0 Å². The lowest BCUT2D eigenvalue weighted by atomic mass is 10.1. The molecule has 0 saturated carbocycles. The minimum absolute atomic E-state index is 0.0459. The van der Waals surface area contributed by atoms with E-state index in [1.54, 1.807) is 30.3 Å². The van der Waals surface area contributed by atoms with Crippen molar-refractivity contribution in [3.8, 4) is 5.75 Å². The first-order chi connectivity index (χ1) is 17.7. The van der Waals surface area contributed by atoms with E-state index in [1.807, 2.05) is 0 Å². The van der Waals surface area contributed by atoms with Crippen LogP contribution in [-0.4, -0.2) is 66.1 Å². The number of ether oxygens (including phenoxy) is 1. The minimum Gasteiger partial charge on any atom is -0.507 e. The molecule has 1 fully saturated rings. The van der Waals surface area contributed by atoms with Gasteiger partial charge in [-0.15, -0.1) is 0 Å². The maximum absolute atomic E-state index is 12.6. The van der Waals surface area contributed by atoms with Gasteiger partial charge in [0.1, 0.15) is 24.1 Å². The Morgan fingerprint density at radius 1 is 1.05 bits per heavy atom. The van der Waals surface area contributed by atoms with E-state index in [-0.39, 0.29) is 23.3 Å². The molecule has 200 valence electrons. The third-order valence-corrected chi connectivity index (χ3v) is 6.52. The van der Waals surface area contributed by atoms with E-state index in [1.165, 1.54) is 18.6 Å². The number of carbonyl (C=O) groups is 2. The van der Waals surface area contributed by atoms with Crippen molar-refractivity contribution in [2.24, 2.45) is 10.2 Å². The number of nitrogens with zero attached hydrogens (tertiary/aromatic N) is 3. The van der Waals surface area contributed by atoms with Gasteiger partial charge in [-0.25, -0.2) is 4.79 Å². The Kier molecular flexibility index (Phi) is 10.2. The van der Waals surface area contributed by atoms with Crippen LogP contribution >= 0.6 is 0 Å². The second kappa shape index (κ2) is 13.3. The monoisotopic (exact) mass is 511 g/mol. The number of aromatic hydroxyl groups is 1. The number of hydrogen-bond acceptors (Lipinski definition) is 7. The number of unbranched alkanes of at least 4 members (excludes halogenated alkanes) is 4. The molecule has 1 amide bonds. The van der Waals surface area contributed by atoms with Crippen molar-refractivity contribution >= 4 is 23.3 Å². The Morgan fingerprint density at radius 2 is 1.73 bits per heavy atom. The summed E-state index contributed by atoms with van der Waals surface area (Å²) in [6.45, 7) is 3.82. The Labute approximate surface area is 218 Å². The number of quaternary nitrogens is 1. The number of amides is 1. The Bertz CT molecular complexity index is 1080. The fourth-order valence-corrected chi connectivity index (χ4v) is 4.33. The van der Waals surface area contributed by atoms with Gasteiger partial charge in [-0.3, -0.25) is 4.79 Å². The van der Waals surface area contributed by atoms with E-state index < -0.39 is 12.2 Å². The number of nitrogens with one attached hydrogen (secondary N) is 1. The molecular weight excluding hydrogens is 472 g/mol. The Hall–Kier alpha value is -3.30. The summed E-state index contributed by atoms with van der Waals surface area (Å²) < 4.78 is 6.38. The summed E-state index contributed by atoms with van der Waals surface area (Å²) in [7, 11) is 4.18. The molecule has 3 rings (SSSR count). The van der Waals surface area contributed by atoms with Crippen molar-refractivity contribution < 1.29 is 29.0 Å². The summed E-state index contributed by atoms with van der Waals surface area (Å²) in [5.74, 6) is -1.11. The molecule has 2 aromatic carbocycles. The number of esters is 1. The number of hydrogen-bond donors (Lipinski definition) is 3. The number of aliphatic hydroxyl groups excluding tert-OH is 1. The van der Waals surface area contributed by atoms with Gasteiger partial charge in [0.25, 0.3) is 5.91 Å². The molecule has 0 spiro atoms. The molecule has 0 radical (unpaired) electrons. The second-order valence-corrected chi connectivity index (χ2v) is 10.3. The van der Waals surface area contributed by atoms with E-state index in [4.69, 9.17) is 4.74 Å². The van der Waals surface area contributed by atoms with Crippen molar-refractivity contribution in [2.45, 2.75) is 64.2 Å². The topological polar surface area (TPSA) is 121 Å². The minimum atomic E-state index is -0.872. The molecule has 0 bridgehead atoms. The van der Waals surface area contributed by atoms with E-state index in [2.05, 4.69) is 36.6 Å². The van der Waals surface area contributed by atoms with Crippen molar-refractivity contribution in [3.63, 3.8) is 0 Å². The van der Waals surface area contributed by atoms with Crippen molar-refractivity contribution in [1.29, 1.82) is 0 Å². The van der Waals surface area contributed by atoms with Crippen molar-refractivity contribution in [1.82, 2.24) is 5.32 Å². The standard InChI is InChI=1S/C28H38N4O5/c1-4-5-6-7-8-9-26(34)29-27(35)20-10-12-21(13-11-20)30-31-22-14-15-25(33)24(18-22)28(36)37-23-16-17-32(2,3)19-23/h10-15,18,23,26,34H,4-9,16-17,19H2,1-3H3,(H-,29,30,33,35,36)/p+1. The third kappa shape index (κ3) is 8.94. The van der Waals surface area contributed by atoms with Crippen LogP contribution in [0.2, 0.25) is 0 Å². The number of carbonyl (C=O) groups excluding carboxylic acids is 2. The molecule has 2 atom stereocenters. The zero-order chi connectivity index (χ0) is 26.8. The average Bonchev–Trinajstić information content (AvgIpc) is 3.21. The second-order valence-electron chi connectivity index (χ2n) is 10.3. The highest BCUT2D eigenvalue weighted by atomic mass is 16.5. The summed E-state index contributed by atoms with van der Waals surface area (Å²) >= 11 is 0. The molecule has 1 aliphatic heterocycles. The van der Waals surface area contributed by atoms with Crippen molar-refractivity contribution in [3.05, 3.63) is 53.6 Å². The summed E-state index contributed by atoms with van der Waals surface area (Å²) in [5, 5.41) is 31.2. The normalized spacial score (nSPS) is 17.6. The zero-order valence-electron chi connectivity index (χ0n) is 22.0. The number of likely N-dealkylation sites (tertiary alicyclic amines) is 1. The fourth-order valence-electron chi connectivity index (χ4n) is 4.33. The van der Waals surface area contributed by atoms with Gasteiger partial charge in [0.15, 0.2) is 6.10 Å². The molecule has 1 aliphatic rings. The van der Waals surface area contributed by atoms with Crippen molar-refractivity contribution in [2.75, 3.05) is 27.2 Å². The molecule has 9 nitrogen and oxygen atoms in total. The van der Waals surface area contributed by atoms with Crippen LogP contribution in [0.15, 0.2) is 52.7 Å². The van der Waals surface area contributed by atoms with Crippen LogP contribution in [-0.2, 0) is 4.74 Å². The lowest BCUT2D eigenvalue weighted by Gasteiger charge is -2.22. The molecule has 37 heavy (non-hydrogen) atoms. The first kappa shape index (κ1) is 28.3. The van der Waals surface area contributed by atoms with Gasteiger partial charge in [0.2, 0.25) is 0 Å². The average molecular weight is 512 g/mol. The van der Waals surface area contributed by atoms with E-state index >= 15 is 0 Å². The molecule has 2 aromatic rings. The van der Waals surface area contributed by atoms with Gasteiger partial charge < -0.3 is 24.7 Å². The van der Waals surface area contributed by atoms with Gasteiger partial charge in [-0.05, 0) is 55.3 Å². The van der Waals surface area contributed by atoms with E-state index in [9.17, 15) is 19.8 Å². The van der Waals surface area contributed by atoms with Crippen LogP contribution < -0.4 is 5.32 Å². The van der Waals surface area contributed by atoms with Crippen LogP contribution in [0.4, 0.5) is 11.4 Å². The van der Waals surface area contributed by atoms with E-state index in [0.29, 0.717) is 23.4 Å². The van der Waals surface area contributed by atoms with E-state index in [0.717, 1.165) is 49.7 Å². The SMILES string of the molecule is CCCCCCCC(O)NC(=O)c1ccc(N=Nc2ccc(O)c(C(=O)OC3CC[N+](C)(C)C3)c2)cc1. The molecule has 0 aliphatic carbocycles. The molecular formula is C28H39N4O5+. The zero-order valence-corrected chi connectivity index (χ0v) is 22.0. The number of likely N-dealkylation sites (N-methyl/N-ethyl adjacent to an activating group) is 1. The highest BCUT2D eigenvalue weighted by Crippen LogP contribution is 2.27. The van der Waals surface area contributed by atoms with Gasteiger partial charge >= 0.3 is 5.97 Å². The predicted molar refractivity (Wildman–Crippen MR) is 141 cm³/mol. The molecule has 1 heterocycles. The molecule has 1 saturated heterocycles. The highest BCUT2D eigenvalue weighted by molar-refractivity contribution is 5.94. The Morgan fingerprint density at radius 3 is 2.41 bits per heavy atom. The van der Waals surface area contributed by atoms with Crippen LogP contribution in [0.1, 0.15) is 72.6 Å². The Balaban J connectivity index is 1.54. The molecule has 9 heteroatoms. The largest absolute Gasteiger partial charge is 0.507 e. The van der Waals surface area contributed by atoms with Crippen LogP contribution in [0.3, 0.4) is 0 Å². The number of aliphatic hydroxyl groups is 1. The summed E-state index contributed by atoms with van der Waals surface area (Å²) in [6.07, 6.45) is 5.66. The summed E-state index contributed by atoms with van der Waals surface area (Å²) in [6, 6.07) is 10.9. The summed E-state index contributed by atoms with van der Waals surface area (Å²) in [4.78, 5) is 25.0. The molecule has 2 unspecified atom stereocenters.